The van der Waals surface area contributed by atoms with Gasteiger partial charge < -0.3 is 10.6 Å². The van der Waals surface area contributed by atoms with Gasteiger partial charge in [0.2, 0.25) is 0 Å². The van der Waals surface area contributed by atoms with Crippen LogP contribution >= 0.6 is 0 Å². The van der Waals surface area contributed by atoms with Gasteiger partial charge in [0.25, 0.3) is 5.91 Å². The summed E-state index contributed by atoms with van der Waals surface area (Å²) in [5.74, 6) is 0.106. The molecular formula is C11H14N2O. The van der Waals surface area contributed by atoms with Gasteiger partial charge in [0, 0.05) is 24.3 Å². The molecule has 1 aliphatic heterocycles. The number of carbonyl (C=O) groups excluding carboxylic acids is 1. The molecule has 1 heterocycles. The minimum Gasteiger partial charge on any atom is -0.398 e. The van der Waals surface area contributed by atoms with Crippen LogP contribution in [0.3, 0.4) is 0 Å². The van der Waals surface area contributed by atoms with Crippen molar-refractivity contribution in [1.29, 1.82) is 0 Å². The molecule has 3 heteroatoms. The largest absolute Gasteiger partial charge is 0.398 e. The number of nitrogens with zero attached hydrogens (tertiary/aromatic N) is 1. The Labute approximate surface area is 83.5 Å². The van der Waals surface area contributed by atoms with Crippen molar-refractivity contribution >= 4 is 11.6 Å². The van der Waals surface area contributed by atoms with E-state index < -0.39 is 0 Å². The molecule has 0 saturated carbocycles. The molecule has 0 unspecified atom stereocenters. The third-order valence-corrected chi connectivity index (χ3v) is 2.75. The van der Waals surface area contributed by atoms with Gasteiger partial charge in [-0.3, -0.25) is 4.79 Å². The normalized spacial score (nSPS) is 14.7. The van der Waals surface area contributed by atoms with Crippen molar-refractivity contribution in [3.63, 3.8) is 0 Å². The summed E-state index contributed by atoms with van der Waals surface area (Å²) >= 11 is 0. The number of rotatable bonds is 1. The summed E-state index contributed by atoms with van der Waals surface area (Å²) in [4.78, 5) is 13.6. The molecule has 74 valence electrons. The first kappa shape index (κ1) is 9.06. The summed E-state index contributed by atoms with van der Waals surface area (Å²) in [5, 5.41) is 0. The number of carbonyl (C=O) groups is 1. The van der Waals surface area contributed by atoms with Crippen molar-refractivity contribution in [2.45, 2.75) is 20.4 Å². The van der Waals surface area contributed by atoms with Crippen molar-refractivity contribution < 1.29 is 4.79 Å². The van der Waals surface area contributed by atoms with Crippen LogP contribution in [0.2, 0.25) is 0 Å². The van der Waals surface area contributed by atoms with Crippen molar-refractivity contribution in [2.75, 3.05) is 12.3 Å². The highest BCUT2D eigenvalue weighted by atomic mass is 16.2. The van der Waals surface area contributed by atoms with E-state index in [0.717, 1.165) is 29.8 Å². The summed E-state index contributed by atoms with van der Waals surface area (Å²) in [6.45, 7) is 5.44. The van der Waals surface area contributed by atoms with Crippen LogP contribution in [0.5, 0.6) is 0 Å². The molecule has 0 spiro atoms. The van der Waals surface area contributed by atoms with Crippen LogP contribution in [0, 0.1) is 6.92 Å². The lowest BCUT2D eigenvalue weighted by atomic mass is 10.1. The Kier molecular flexibility index (Phi) is 1.95. The average molecular weight is 190 g/mol. The van der Waals surface area contributed by atoms with Crippen LogP contribution in [0.4, 0.5) is 5.69 Å². The highest BCUT2D eigenvalue weighted by Gasteiger charge is 2.26. The van der Waals surface area contributed by atoms with Gasteiger partial charge in [-0.2, -0.15) is 0 Å². The monoisotopic (exact) mass is 190 g/mol. The van der Waals surface area contributed by atoms with Gasteiger partial charge in [0.1, 0.15) is 0 Å². The van der Waals surface area contributed by atoms with Gasteiger partial charge in [0.15, 0.2) is 0 Å². The molecule has 0 fully saturated rings. The molecule has 3 nitrogen and oxygen atoms in total. The number of nitrogen functional groups attached to an aromatic ring is 1. The number of aryl methyl sites for hydroxylation is 1. The minimum atomic E-state index is 0.106. The van der Waals surface area contributed by atoms with Crippen molar-refractivity contribution in [2.24, 2.45) is 0 Å². The molecule has 2 N–H and O–H groups in total. The second-order valence-corrected chi connectivity index (χ2v) is 3.69. The number of hydrogen-bond acceptors (Lipinski definition) is 2. The van der Waals surface area contributed by atoms with Crippen LogP contribution in [0.15, 0.2) is 12.1 Å². The molecule has 1 amide bonds. The van der Waals surface area contributed by atoms with E-state index in [1.165, 1.54) is 0 Å². The summed E-state index contributed by atoms with van der Waals surface area (Å²) in [6.07, 6.45) is 0. The van der Waals surface area contributed by atoms with Gasteiger partial charge in [-0.05, 0) is 31.0 Å². The van der Waals surface area contributed by atoms with Gasteiger partial charge in [0.05, 0.1) is 0 Å². The second kappa shape index (κ2) is 3.01. The quantitative estimate of drug-likeness (QED) is 0.683. The predicted molar refractivity (Wildman–Crippen MR) is 56.0 cm³/mol. The Bertz CT molecular complexity index is 399. The number of hydrogen-bond donors (Lipinski definition) is 1. The first-order valence-corrected chi connectivity index (χ1v) is 4.81. The Morgan fingerprint density at radius 3 is 2.86 bits per heavy atom. The number of benzene rings is 1. The predicted octanol–water partition coefficient (Wildman–Crippen LogP) is 1.55. The zero-order valence-corrected chi connectivity index (χ0v) is 8.50. The molecule has 0 atom stereocenters. The maximum Gasteiger partial charge on any atom is 0.254 e. The lowest BCUT2D eigenvalue weighted by Crippen LogP contribution is -2.22. The molecule has 1 aromatic carbocycles. The number of amides is 1. The lowest BCUT2D eigenvalue weighted by Gasteiger charge is -2.10. The zero-order chi connectivity index (χ0) is 10.3. The summed E-state index contributed by atoms with van der Waals surface area (Å²) in [7, 11) is 0. The molecule has 0 aliphatic carbocycles. The van der Waals surface area contributed by atoms with Gasteiger partial charge in [-0.25, -0.2) is 0 Å². The summed E-state index contributed by atoms with van der Waals surface area (Å²) in [6, 6.07) is 3.81. The minimum absolute atomic E-state index is 0.106. The Morgan fingerprint density at radius 2 is 2.21 bits per heavy atom. The van der Waals surface area contributed by atoms with E-state index in [0.29, 0.717) is 5.69 Å². The zero-order valence-electron chi connectivity index (χ0n) is 8.50. The van der Waals surface area contributed by atoms with E-state index in [4.69, 9.17) is 5.73 Å². The SMILES string of the molecule is CCN1Cc2cc(C)c(N)cc2C1=O. The Balaban J connectivity index is 2.49. The highest BCUT2D eigenvalue weighted by Crippen LogP contribution is 2.26. The lowest BCUT2D eigenvalue weighted by molar-refractivity contribution is 0.0787. The highest BCUT2D eigenvalue weighted by molar-refractivity contribution is 5.99. The van der Waals surface area contributed by atoms with E-state index in [2.05, 4.69) is 0 Å². The maximum atomic E-state index is 11.8. The van der Waals surface area contributed by atoms with Crippen molar-refractivity contribution in [1.82, 2.24) is 4.90 Å². The van der Waals surface area contributed by atoms with Crippen molar-refractivity contribution in [3.05, 3.63) is 28.8 Å². The molecule has 1 aromatic rings. The molecule has 0 saturated heterocycles. The third kappa shape index (κ3) is 1.16. The van der Waals surface area contributed by atoms with Gasteiger partial charge >= 0.3 is 0 Å². The van der Waals surface area contributed by atoms with Crippen LogP contribution < -0.4 is 5.73 Å². The smallest absolute Gasteiger partial charge is 0.254 e. The molecule has 1 aliphatic rings. The van der Waals surface area contributed by atoms with E-state index >= 15 is 0 Å². The standard InChI is InChI=1S/C11H14N2O/c1-3-13-6-8-4-7(2)10(12)5-9(8)11(13)14/h4-5H,3,6,12H2,1-2H3. The fraction of sp³-hybridized carbons (Fsp3) is 0.364. The molecular weight excluding hydrogens is 176 g/mol. The van der Waals surface area contributed by atoms with Crippen molar-refractivity contribution in [3.8, 4) is 0 Å². The van der Waals surface area contributed by atoms with E-state index in [1.807, 2.05) is 24.8 Å². The first-order chi connectivity index (χ1) is 6.63. The summed E-state index contributed by atoms with van der Waals surface area (Å²) < 4.78 is 0. The van der Waals surface area contributed by atoms with Crippen LogP contribution in [0.1, 0.15) is 28.4 Å². The Morgan fingerprint density at radius 1 is 1.50 bits per heavy atom. The van der Waals surface area contributed by atoms with Crippen LogP contribution in [0.25, 0.3) is 0 Å². The maximum absolute atomic E-state index is 11.8. The number of anilines is 1. The van der Waals surface area contributed by atoms with Crippen LogP contribution in [-0.2, 0) is 6.54 Å². The first-order valence-electron chi connectivity index (χ1n) is 4.81. The third-order valence-electron chi connectivity index (χ3n) is 2.75. The van der Waals surface area contributed by atoms with Gasteiger partial charge in [-0.1, -0.05) is 6.07 Å². The molecule has 0 bridgehead atoms. The van der Waals surface area contributed by atoms with Crippen LogP contribution in [-0.4, -0.2) is 17.4 Å². The summed E-state index contributed by atoms with van der Waals surface area (Å²) in [5.41, 5.74) is 9.40. The molecule has 14 heavy (non-hydrogen) atoms. The fourth-order valence-electron chi connectivity index (χ4n) is 1.82. The number of nitrogens with two attached hydrogens (primary N) is 1. The topological polar surface area (TPSA) is 46.3 Å². The molecule has 0 radical (unpaired) electrons. The second-order valence-electron chi connectivity index (χ2n) is 3.69. The van der Waals surface area contributed by atoms with E-state index in [9.17, 15) is 4.79 Å². The Hall–Kier alpha value is -1.51. The van der Waals surface area contributed by atoms with E-state index in [-0.39, 0.29) is 5.91 Å². The van der Waals surface area contributed by atoms with E-state index in [1.54, 1.807) is 6.07 Å². The number of fused-ring (bicyclic) bond motifs is 1. The average Bonchev–Trinajstić information content (AvgIpc) is 2.45. The fourth-order valence-corrected chi connectivity index (χ4v) is 1.82. The molecule has 2 rings (SSSR count). The molecule has 0 aromatic heterocycles. The van der Waals surface area contributed by atoms with Gasteiger partial charge in [-0.15, -0.1) is 0 Å².